The van der Waals surface area contributed by atoms with Crippen LogP contribution in [-0.4, -0.2) is 42.3 Å². The van der Waals surface area contributed by atoms with Crippen LogP contribution in [0.15, 0.2) is 48.5 Å². The fourth-order valence-electron chi connectivity index (χ4n) is 4.47. The van der Waals surface area contributed by atoms with Gasteiger partial charge in [-0.25, -0.2) is 4.39 Å². The van der Waals surface area contributed by atoms with Gasteiger partial charge in [-0.1, -0.05) is 29.8 Å². The summed E-state index contributed by atoms with van der Waals surface area (Å²) >= 11 is 0. The lowest BCUT2D eigenvalue weighted by Crippen LogP contribution is -2.52. The summed E-state index contributed by atoms with van der Waals surface area (Å²) in [6.45, 7) is 2.10. The first-order valence-electron chi connectivity index (χ1n) is 11.1. The number of amides is 1. The Balaban J connectivity index is 1.48. The van der Waals surface area contributed by atoms with E-state index in [1.165, 1.54) is 35.4 Å². The molecule has 0 aromatic heterocycles. The lowest BCUT2D eigenvalue weighted by molar-refractivity contribution is -0.122. The Labute approximate surface area is 184 Å². The molecule has 2 aromatic carbocycles. The number of ketones is 1. The fraction of sp³-hybridized carbons (Fsp3) is 0.462. The van der Waals surface area contributed by atoms with Gasteiger partial charge in [0.25, 0.3) is 0 Å². The van der Waals surface area contributed by atoms with E-state index in [1.807, 2.05) is 0 Å². The van der Waals surface area contributed by atoms with Crippen molar-refractivity contribution in [3.63, 3.8) is 0 Å². The number of likely N-dealkylation sites (N-methyl/N-ethyl adjacent to an activating group) is 1. The van der Waals surface area contributed by atoms with Gasteiger partial charge in [0.15, 0.2) is 5.78 Å². The minimum Gasteiger partial charge on any atom is -0.353 e. The van der Waals surface area contributed by atoms with Gasteiger partial charge in [-0.15, -0.1) is 0 Å². The van der Waals surface area contributed by atoms with Crippen LogP contribution in [0.1, 0.15) is 60.0 Å². The van der Waals surface area contributed by atoms with Gasteiger partial charge in [0.05, 0.1) is 0 Å². The second-order valence-corrected chi connectivity index (χ2v) is 9.05. The topological polar surface area (TPSA) is 49.4 Å². The summed E-state index contributed by atoms with van der Waals surface area (Å²) in [6, 6.07) is 14.4. The molecular formula is C26H33FN2O2. The van der Waals surface area contributed by atoms with E-state index in [-0.39, 0.29) is 41.9 Å². The van der Waals surface area contributed by atoms with Crippen molar-refractivity contribution < 1.29 is 14.0 Å². The Hall–Kier alpha value is -2.53. The van der Waals surface area contributed by atoms with Crippen molar-refractivity contribution in [1.82, 2.24) is 10.2 Å². The Kier molecular flexibility index (Phi) is 7.60. The van der Waals surface area contributed by atoms with E-state index >= 15 is 0 Å². The van der Waals surface area contributed by atoms with Gasteiger partial charge in [0, 0.05) is 30.0 Å². The van der Waals surface area contributed by atoms with Crippen LogP contribution < -0.4 is 5.32 Å². The van der Waals surface area contributed by atoms with Crippen molar-refractivity contribution in [3.05, 3.63) is 71.0 Å². The van der Waals surface area contributed by atoms with E-state index in [0.29, 0.717) is 5.56 Å². The molecule has 1 N–H and O–H groups in total. The maximum Gasteiger partial charge on any atom is 0.220 e. The molecule has 0 atom stereocenters. The predicted octanol–water partition coefficient (Wildman–Crippen LogP) is 4.70. The fourth-order valence-corrected chi connectivity index (χ4v) is 4.47. The van der Waals surface area contributed by atoms with Gasteiger partial charge >= 0.3 is 0 Å². The highest BCUT2D eigenvalue weighted by Crippen LogP contribution is 2.35. The summed E-state index contributed by atoms with van der Waals surface area (Å²) < 4.78 is 13.0. The summed E-state index contributed by atoms with van der Waals surface area (Å²) in [5, 5.41) is 3.11. The number of hydrogen-bond donors (Lipinski definition) is 1. The summed E-state index contributed by atoms with van der Waals surface area (Å²) in [6.07, 6.45) is 5.21. The van der Waals surface area contributed by atoms with Crippen LogP contribution in [-0.2, 0) is 11.2 Å². The van der Waals surface area contributed by atoms with E-state index in [4.69, 9.17) is 0 Å². The monoisotopic (exact) mass is 424 g/mol. The Morgan fingerprint density at radius 3 is 2.19 bits per heavy atom. The van der Waals surface area contributed by atoms with Crippen molar-refractivity contribution in [2.24, 2.45) is 0 Å². The van der Waals surface area contributed by atoms with E-state index in [1.54, 1.807) is 0 Å². The van der Waals surface area contributed by atoms with E-state index in [9.17, 15) is 14.0 Å². The second-order valence-electron chi connectivity index (χ2n) is 9.05. The van der Waals surface area contributed by atoms with Crippen molar-refractivity contribution in [2.45, 2.75) is 63.5 Å². The lowest BCUT2D eigenvalue weighted by Gasteiger charge is -2.45. The molecule has 3 rings (SSSR count). The molecular weight excluding hydrogens is 391 g/mol. The minimum absolute atomic E-state index is 0.0867. The minimum atomic E-state index is -0.372. The number of carbonyl (C=O) groups excluding carboxylic acids is 2. The Morgan fingerprint density at radius 2 is 1.61 bits per heavy atom. The molecule has 1 aliphatic carbocycles. The molecule has 0 heterocycles. The second kappa shape index (κ2) is 10.2. The number of Topliss-reactive ketones (excluding diaryl/α,β-unsaturated/α-hetero) is 1. The molecule has 0 aliphatic heterocycles. The highest BCUT2D eigenvalue weighted by molar-refractivity contribution is 5.97. The summed E-state index contributed by atoms with van der Waals surface area (Å²) in [7, 11) is 4.29. The largest absolute Gasteiger partial charge is 0.353 e. The summed E-state index contributed by atoms with van der Waals surface area (Å²) in [4.78, 5) is 26.9. The van der Waals surface area contributed by atoms with Gasteiger partial charge < -0.3 is 10.2 Å². The molecule has 0 saturated heterocycles. The number of carbonyl (C=O) groups is 2. The number of nitrogens with zero attached hydrogens (tertiary/aromatic N) is 1. The number of nitrogens with one attached hydrogen (secondary N) is 1. The van der Waals surface area contributed by atoms with Gasteiger partial charge in [-0.2, -0.15) is 0 Å². The first-order valence-corrected chi connectivity index (χ1v) is 11.1. The normalized spacial score (nSPS) is 21.1. The smallest absolute Gasteiger partial charge is 0.220 e. The average molecular weight is 425 g/mol. The van der Waals surface area contributed by atoms with Gasteiger partial charge in [-0.05, 0) is 83.0 Å². The van der Waals surface area contributed by atoms with Crippen molar-refractivity contribution in [3.8, 4) is 0 Å². The van der Waals surface area contributed by atoms with Gasteiger partial charge in [0.2, 0.25) is 5.91 Å². The van der Waals surface area contributed by atoms with Crippen molar-refractivity contribution in [1.29, 1.82) is 0 Å². The first-order chi connectivity index (χ1) is 14.8. The average Bonchev–Trinajstić information content (AvgIpc) is 2.75. The van der Waals surface area contributed by atoms with Crippen molar-refractivity contribution in [2.75, 3.05) is 14.1 Å². The molecule has 0 bridgehead atoms. The van der Waals surface area contributed by atoms with E-state index < -0.39 is 0 Å². The molecule has 5 heteroatoms. The molecule has 0 radical (unpaired) electrons. The van der Waals surface area contributed by atoms with E-state index in [0.717, 1.165) is 32.1 Å². The highest BCUT2D eigenvalue weighted by atomic mass is 19.1. The third kappa shape index (κ3) is 6.23. The number of halogens is 1. The van der Waals surface area contributed by atoms with Crippen LogP contribution >= 0.6 is 0 Å². The molecule has 1 aliphatic rings. The number of aryl methyl sites for hydroxylation is 1. The van der Waals surface area contributed by atoms with Crippen LogP contribution in [0.4, 0.5) is 4.39 Å². The molecule has 0 spiro atoms. The van der Waals surface area contributed by atoms with Crippen LogP contribution in [0.5, 0.6) is 0 Å². The number of benzene rings is 2. The van der Waals surface area contributed by atoms with Crippen LogP contribution in [0, 0.1) is 12.7 Å². The Bertz CT molecular complexity index is 883. The lowest BCUT2D eigenvalue weighted by atomic mass is 9.74. The molecule has 4 nitrogen and oxygen atoms in total. The first kappa shape index (κ1) is 23.1. The zero-order valence-electron chi connectivity index (χ0n) is 18.8. The van der Waals surface area contributed by atoms with E-state index in [2.05, 4.69) is 55.5 Å². The summed E-state index contributed by atoms with van der Waals surface area (Å²) in [5.41, 5.74) is 3.17. The van der Waals surface area contributed by atoms with Crippen LogP contribution in [0.2, 0.25) is 0 Å². The predicted molar refractivity (Wildman–Crippen MR) is 122 cm³/mol. The van der Waals surface area contributed by atoms with Crippen LogP contribution in [0.3, 0.4) is 0 Å². The summed E-state index contributed by atoms with van der Waals surface area (Å²) in [5.74, 6) is -0.595. The molecule has 1 amide bonds. The van der Waals surface area contributed by atoms with Gasteiger partial charge in [-0.3, -0.25) is 9.59 Å². The maximum atomic E-state index is 13.0. The van der Waals surface area contributed by atoms with Crippen molar-refractivity contribution >= 4 is 11.7 Å². The highest BCUT2D eigenvalue weighted by Gasteiger charge is 2.37. The molecule has 0 unspecified atom stereocenters. The SMILES string of the molecule is Cc1ccc(CC2(N(C)C)CCC(NC(=O)CCC(=O)c3ccc(F)cc3)CC2)cc1. The molecule has 166 valence electrons. The third-order valence-electron chi connectivity index (χ3n) is 6.63. The maximum absolute atomic E-state index is 13.0. The third-order valence-corrected chi connectivity index (χ3v) is 6.63. The van der Waals surface area contributed by atoms with Gasteiger partial charge in [0.1, 0.15) is 5.82 Å². The Morgan fingerprint density at radius 1 is 1.00 bits per heavy atom. The standard InChI is InChI=1S/C26H33FN2O2/c1-19-4-6-20(7-5-19)18-26(29(2)3)16-14-23(15-17-26)28-25(31)13-12-24(30)21-8-10-22(27)11-9-21/h4-11,23H,12-18H2,1-3H3,(H,28,31). The number of rotatable bonds is 8. The molecule has 1 saturated carbocycles. The number of hydrogen-bond acceptors (Lipinski definition) is 3. The molecule has 31 heavy (non-hydrogen) atoms. The molecule has 1 fully saturated rings. The zero-order valence-corrected chi connectivity index (χ0v) is 18.8. The molecule has 2 aromatic rings. The van der Waals surface area contributed by atoms with Crippen LogP contribution in [0.25, 0.3) is 0 Å². The quantitative estimate of drug-likeness (QED) is 0.625. The zero-order chi connectivity index (χ0) is 22.4.